The first kappa shape index (κ1) is 22.6. The van der Waals surface area contributed by atoms with Gasteiger partial charge < -0.3 is 14.4 Å². The molecule has 2 aliphatic rings. The monoisotopic (exact) mass is 476 g/mol. The molecule has 2 aromatic heterocycles. The normalized spacial score (nSPS) is 20.9. The molecule has 170 valence electrons. The number of rotatable bonds is 1. The highest BCUT2D eigenvalue weighted by Gasteiger charge is 2.39. The Hall–Kier alpha value is -2.57. The minimum absolute atomic E-state index is 0.248. The van der Waals surface area contributed by atoms with Crippen molar-refractivity contribution in [3.63, 3.8) is 0 Å². The number of thiophene rings is 1. The number of nitrogens with zero attached hydrogens (tertiary/aromatic N) is 4. The minimum Gasteiger partial charge on any atom is -0.444 e. The van der Waals surface area contributed by atoms with E-state index in [0.717, 1.165) is 27.9 Å². The largest absolute Gasteiger partial charge is 0.444 e. The van der Waals surface area contributed by atoms with Gasteiger partial charge in [0.15, 0.2) is 0 Å². The number of halogens is 1. The molecule has 2 fully saturated rings. The van der Waals surface area contributed by atoms with E-state index in [0.29, 0.717) is 24.7 Å². The number of amides is 2. The zero-order chi connectivity index (χ0) is 22.9. The molecule has 8 nitrogen and oxygen atoms in total. The van der Waals surface area contributed by atoms with Gasteiger partial charge in [0, 0.05) is 19.5 Å². The first-order chi connectivity index (χ1) is 15.2. The lowest BCUT2D eigenvalue weighted by atomic mass is 10.2. The Bertz CT molecular complexity index is 1080. The van der Waals surface area contributed by atoms with E-state index in [1.54, 1.807) is 9.80 Å². The fourth-order valence-corrected chi connectivity index (χ4v) is 4.81. The molecule has 0 aromatic carbocycles. The van der Waals surface area contributed by atoms with E-state index < -0.39 is 23.8 Å². The van der Waals surface area contributed by atoms with Gasteiger partial charge in [-0.15, -0.1) is 11.3 Å². The number of carbonyl (C=O) groups is 2. The van der Waals surface area contributed by atoms with Gasteiger partial charge in [-0.1, -0.05) is 23.4 Å². The Kier molecular flexibility index (Phi) is 6.45. The summed E-state index contributed by atoms with van der Waals surface area (Å²) in [4.78, 5) is 37.5. The number of ether oxygens (including phenoxy) is 2. The Morgan fingerprint density at radius 3 is 2.66 bits per heavy atom. The predicted octanol–water partition coefficient (Wildman–Crippen LogP) is 4.31. The zero-order valence-corrected chi connectivity index (χ0v) is 19.8. The maximum absolute atomic E-state index is 12.8. The lowest BCUT2D eigenvalue weighted by Crippen LogP contribution is -2.40. The zero-order valence-electron chi connectivity index (χ0n) is 18.3. The molecule has 2 aromatic rings. The number of aromatic nitrogens is 2. The van der Waals surface area contributed by atoms with Crippen molar-refractivity contribution in [2.24, 2.45) is 0 Å². The van der Waals surface area contributed by atoms with E-state index >= 15 is 0 Å². The molecule has 0 N–H and O–H groups in total. The summed E-state index contributed by atoms with van der Waals surface area (Å²) in [5, 5.41) is 0.387. The van der Waals surface area contributed by atoms with Gasteiger partial charge in [0.25, 0.3) is 0 Å². The van der Waals surface area contributed by atoms with Crippen LogP contribution in [0.1, 0.15) is 44.9 Å². The lowest BCUT2D eigenvalue weighted by Gasteiger charge is -2.26. The molecule has 2 saturated heterocycles. The third-order valence-corrected chi connectivity index (χ3v) is 6.60. The number of likely N-dealkylation sites (tertiary alicyclic amines) is 2. The second kappa shape index (κ2) is 9.12. The van der Waals surface area contributed by atoms with Crippen molar-refractivity contribution in [3.05, 3.63) is 22.4 Å². The van der Waals surface area contributed by atoms with Gasteiger partial charge in [0.1, 0.15) is 29.2 Å². The average Bonchev–Trinajstić information content (AvgIpc) is 3.45. The molecule has 0 radical (unpaired) electrons. The van der Waals surface area contributed by atoms with Gasteiger partial charge in [-0.2, -0.15) is 0 Å². The van der Waals surface area contributed by atoms with Crippen LogP contribution in [0, 0.1) is 11.8 Å². The van der Waals surface area contributed by atoms with E-state index in [2.05, 4.69) is 21.8 Å². The molecule has 10 heteroatoms. The average molecular weight is 477 g/mol. The second-order valence-electron chi connectivity index (χ2n) is 8.84. The highest BCUT2D eigenvalue weighted by molar-refractivity contribution is 7.20. The van der Waals surface area contributed by atoms with Gasteiger partial charge >= 0.3 is 12.2 Å². The number of hydrogen-bond acceptors (Lipinski definition) is 7. The van der Waals surface area contributed by atoms with E-state index in [1.165, 1.54) is 17.7 Å². The molecular formula is C22H25ClN4O4S. The summed E-state index contributed by atoms with van der Waals surface area (Å²) in [5.41, 5.74) is 0.0902. The summed E-state index contributed by atoms with van der Waals surface area (Å²) in [6, 6.07) is 1.41. The third-order valence-electron chi connectivity index (χ3n) is 5.15. The molecule has 4 rings (SSSR count). The van der Waals surface area contributed by atoms with Gasteiger partial charge in [0.05, 0.1) is 21.6 Å². The van der Waals surface area contributed by atoms with Crippen LogP contribution in [0.5, 0.6) is 0 Å². The van der Waals surface area contributed by atoms with Crippen molar-refractivity contribution in [3.8, 4) is 11.8 Å². The van der Waals surface area contributed by atoms with Crippen LogP contribution in [0.15, 0.2) is 12.4 Å². The Labute approximate surface area is 195 Å². The summed E-state index contributed by atoms with van der Waals surface area (Å²) in [6.07, 6.45) is 2.58. The second-order valence-corrected chi connectivity index (χ2v) is 10.3. The predicted molar refractivity (Wildman–Crippen MR) is 122 cm³/mol. The first-order valence-electron chi connectivity index (χ1n) is 10.6. The standard InChI is InChI=1S/C22H25ClN4O4S/c1-22(2,3)31-21(29)27-12-15(30-20(28)26-8-4-5-9-26)10-14(27)6-7-16-11-17-18(32-16)19(23)25-13-24-17/h11,13-15H,4-5,8-10,12H2,1-3H3/t14-,15+/m0/s1. The van der Waals surface area contributed by atoms with Crippen molar-refractivity contribution in [2.75, 3.05) is 19.6 Å². The van der Waals surface area contributed by atoms with Crippen LogP contribution in [0.3, 0.4) is 0 Å². The fraction of sp³-hybridized carbons (Fsp3) is 0.545. The summed E-state index contributed by atoms with van der Waals surface area (Å²) in [6.45, 7) is 7.11. The molecule has 2 atom stereocenters. The topological polar surface area (TPSA) is 84.9 Å². The van der Waals surface area contributed by atoms with E-state index in [4.69, 9.17) is 21.1 Å². The summed E-state index contributed by atoms with van der Waals surface area (Å²) >= 11 is 7.53. The van der Waals surface area contributed by atoms with Crippen LogP contribution < -0.4 is 0 Å². The van der Waals surface area contributed by atoms with E-state index in [9.17, 15) is 9.59 Å². The van der Waals surface area contributed by atoms with Gasteiger partial charge in [0.2, 0.25) is 0 Å². The quantitative estimate of drug-likeness (QED) is 0.450. The molecule has 0 bridgehead atoms. The smallest absolute Gasteiger partial charge is 0.411 e. The van der Waals surface area contributed by atoms with Crippen molar-refractivity contribution >= 4 is 45.3 Å². The van der Waals surface area contributed by atoms with Crippen molar-refractivity contribution in [1.29, 1.82) is 0 Å². The summed E-state index contributed by atoms with van der Waals surface area (Å²) in [5.74, 6) is 6.28. The Morgan fingerprint density at radius 2 is 1.97 bits per heavy atom. The lowest BCUT2D eigenvalue weighted by molar-refractivity contribution is 0.0219. The molecule has 2 amide bonds. The maximum atomic E-state index is 12.8. The number of carbonyl (C=O) groups excluding carboxylic acids is 2. The third kappa shape index (κ3) is 5.25. The summed E-state index contributed by atoms with van der Waals surface area (Å²) in [7, 11) is 0. The van der Waals surface area contributed by atoms with Crippen molar-refractivity contribution in [2.45, 2.75) is 57.8 Å². The molecular weight excluding hydrogens is 452 g/mol. The van der Waals surface area contributed by atoms with E-state index in [1.807, 2.05) is 26.8 Å². The van der Waals surface area contributed by atoms with Crippen LogP contribution in [0.25, 0.3) is 10.2 Å². The van der Waals surface area contributed by atoms with Gasteiger partial charge in [-0.25, -0.2) is 19.6 Å². The highest BCUT2D eigenvalue weighted by atomic mass is 35.5. The Morgan fingerprint density at radius 1 is 1.22 bits per heavy atom. The van der Waals surface area contributed by atoms with Crippen LogP contribution >= 0.6 is 22.9 Å². The van der Waals surface area contributed by atoms with Crippen LogP contribution in [-0.4, -0.2) is 69.3 Å². The first-order valence-corrected chi connectivity index (χ1v) is 11.8. The van der Waals surface area contributed by atoms with E-state index in [-0.39, 0.29) is 12.6 Å². The minimum atomic E-state index is -0.639. The SMILES string of the molecule is CC(C)(C)OC(=O)N1C[C@H](OC(=O)N2CCCC2)C[C@@H]1C#Cc1cc2ncnc(Cl)c2s1. The molecule has 2 aliphatic heterocycles. The molecule has 32 heavy (non-hydrogen) atoms. The molecule has 0 spiro atoms. The van der Waals surface area contributed by atoms with Crippen molar-refractivity contribution in [1.82, 2.24) is 19.8 Å². The molecule has 0 unspecified atom stereocenters. The fourth-order valence-electron chi connectivity index (χ4n) is 3.70. The van der Waals surface area contributed by atoms with Crippen molar-refractivity contribution < 1.29 is 19.1 Å². The maximum Gasteiger partial charge on any atom is 0.411 e. The number of hydrogen-bond donors (Lipinski definition) is 0. The Balaban J connectivity index is 1.52. The molecule has 4 heterocycles. The van der Waals surface area contributed by atoms with Crippen LogP contribution in [0.4, 0.5) is 9.59 Å². The van der Waals surface area contributed by atoms with Gasteiger partial charge in [-0.05, 0) is 39.7 Å². The van der Waals surface area contributed by atoms with Crippen LogP contribution in [-0.2, 0) is 9.47 Å². The molecule has 0 aliphatic carbocycles. The van der Waals surface area contributed by atoms with Crippen LogP contribution in [0.2, 0.25) is 5.15 Å². The highest BCUT2D eigenvalue weighted by Crippen LogP contribution is 2.29. The van der Waals surface area contributed by atoms with Gasteiger partial charge in [-0.3, -0.25) is 4.90 Å². The summed E-state index contributed by atoms with van der Waals surface area (Å²) < 4.78 is 12.0. The molecule has 0 saturated carbocycles. The number of fused-ring (bicyclic) bond motifs is 1.